The lowest BCUT2D eigenvalue weighted by Gasteiger charge is -2.31. The second-order valence-electron chi connectivity index (χ2n) is 8.40. The Balaban J connectivity index is 1.55. The van der Waals surface area contributed by atoms with Crippen LogP contribution >= 0.6 is 0 Å². The number of amides is 1. The van der Waals surface area contributed by atoms with E-state index in [1.165, 1.54) is 21.7 Å². The van der Waals surface area contributed by atoms with Gasteiger partial charge >= 0.3 is 0 Å². The van der Waals surface area contributed by atoms with Gasteiger partial charge in [-0.1, -0.05) is 12.1 Å². The number of hydrogen-bond donors (Lipinski definition) is 0. The Morgan fingerprint density at radius 3 is 2.48 bits per heavy atom. The summed E-state index contributed by atoms with van der Waals surface area (Å²) in [6, 6.07) is 11.2. The summed E-state index contributed by atoms with van der Waals surface area (Å²) in [5.74, 6) is -3.53. The van der Waals surface area contributed by atoms with Crippen molar-refractivity contribution in [2.45, 2.75) is 18.8 Å². The molecule has 0 saturated carbocycles. The van der Waals surface area contributed by atoms with Crippen LogP contribution in [0.15, 0.2) is 59.7 Å². The molecule has 8 heteroatoms. The van der Waals surface area contributed by atoms with Gasteiger partial charge in [-0.25, -0.2) is 13.2 Å². The third-order valence-electron chi connectivity index (χ3n) is 6.22. The van der Waals surface area contributed by atoms with Crippen LogP contribution in [0, 0.1) is 5.82 Å². The summed E-state index contributed by atoms with van der Waals surface area (Å²) in [5, 5.41) is 2.27. The summed E-state index contributed by atoms with van der Waals surface area (Å²) in [4.78, 5) is 30.9. The highest BCUT2D eigenvalue weighted by Gasteiger charge is 2.35. The topological polar surface area (TPSA) is 55.2 Å². The number of piperidine rings is 1. The highest BCUT2D eigenvalue weighted by Crippen LogP contribution is 2.33. The van der Waals surface area contributed by atoms with Crippen molar-refractivity contribution in [3.63, 3.8) is 0 Å². The molecule has 0 atom stereocenters. The maximum absolute atomic E-state index is 14.9. The van der Waals surface area contributed by atoms with Gasteiger partial charge in [0, 0.05) is 56.5 Å². The third-order valence-corrected chi connectivity index (χ3v) is 6.22. The number of pyridine rings is 2. The van der Waals surface area contributed by atoms with Gasteiger partial charge in [0.25, 0.3) is 17.4 Å². The van der Waals surface area contributed by atoms with Crippen molar-refractivity contribution in [3.05, 3.63) is 76.6 Å². The zero-order chi connectivity index (χ0) is 23.3. The normalized spacial score (nSPS) is 15.8. The van der Waals surface area contributed by atoms with Gasteiger partial charge < -0.3 is 9.47 Å². The number of aryl methyl sites for hydroxylation is 1. The van der Waals surface area contributed by atoms with Crippen molar-refractivity contribution in [1.82, 2.24) is 14.5 Å². The second kappa shape index (κ2) is 7.72. The first kappa shape index (κ1) is 21.2. The molecular weight excluding hydrogens is 431 g/mol. The monoisotopic (exact) mass is 451 g/mol. The van der Waals surface area contributed by atoms with E-state index in [4.69, 9.17) is 0 Å². The summed E-state index contributed by atoms with van der Waals surface area (Å²) in [6.45, 7) is -0.00196. The van der Waals surface area contributed by atoms with Crippen LogP contribution < -0.4 is 5.56 Å². The van der Waals surface area contributed by atoms with Gasteiger partial charge in [0.2, 0.25) is 0 Å². The molecule has 1 aliphatic heterocycles. The van der Waals surface area contributed by atoms with Crippen molar-refractivity contribution in [2.75, 3.05) is 13.1 Å². The van der Waals surface area contributed by atoms with Crippen molar-refractivity contribution < 1.29 is 18.0 Å². The van der Waals surface area contributed by atoms with Crippen molar-refractivity contribution in [3.8, 4) is 11.3 Å². The van der Waals surface area contributed by atoms with E-state index in [0.29, 0.717) is 32.8 Å². The average molecular weight is 451 g/mol. The van der Waals surface area contributed by atoms with E-state index in [1.807, 2.05) is 0 Å². The van der Waals surface area contributed by atoms with Gasteiger partial charge in [-0.05, 0) is 46.5 Å². The minimum absolute atomic E-state index is 0.000982. The smallest absolute Gasteiger partial charge is 0.259 e. The van der Waals surface area contributed by atoms with Crippen LogP contribution in [0.2, 0.25) is 0 Å². The molecule has 168 valence electrons. The summed E-state index contributed by atoms with van der Waals surface area (Å²) >= 11 is 0. The second-order valence-corrected chi connectivity index (χ2v) is 8.40. The number of hydrogen-bond acceptors (Lipinski definition) is 3. The van der Waals surface area contributed by atoms with Gasteiger partial charge in [0.15, 0.2) is 0 Å². The van der Waals surface area contributed by atoms with Crippen LogP contribution in [-0.4, -0.2) is 39.4 Å². The van der Waals surface area contributed by atoms with Crippen LogP contribution in [0.3, 0.4) is 0 Å². The molecule has 1 saturated heterocycles. The Morgan fingerprint density at radius 2 is 1.73 bits per heavy atom. The number of carbonyl (C=O) groups is 1. The van der Waals surface area contributed by atoms with E-state index in [0.717, 1.165) is 0 Å². The van der Waals surface area contributed by atoms with Crippen LogP contribution in [-0.2, 0) is 7.05 Å². The van der Waals surface area contributed by atoms with Gasteiger partial charge in [-0.15, -0.1) is 0 Å². The van der Waals surface area contributed by atoms with Crippen molar-refractivity contribution >= 4 is 27.5 Å². The van der Waals surface area contributed by atoms with Gasteiger partial charge in [0.05, 0.1) is 11.1 Å². The van der Waals surface area contributed by atoms with Gasteiger partial charge in [0.1, 0.15) is 5.82 Å². The predicted molar refractivity (Wildman–Crippen MR) is 120 cm³/mol. The van der Waals surface area contributed by atoms with Gasteiger partial charge in [-0.3, -0.25) is 14.6 Å². The largest absolute Gasteiger partial charge is 0.338 e. The maximum Gasteiger partial charge on any atom is 0.259 e. The Kier molecular flexibility index (Phi) is 4.96. The summed E-state index contributed by atoms with van der Waals surface area (Å²) in [5.41, 5.74) is 0.812. The zero-order valence-corrected chi connectivity index (χ0v) is 17.8. The maximum atomic E-state index is 14.9. The fraction of sp³-hybridized carbons (Fsp3) is 0.240. The SMILES string of the molecule is Cn1ccc2cc(-c3c(F)ccc4cc(C(=O)N5CCC(F)(F)CC5)ccc34)ncc2c1=O. The molecule has 0 spiro atoms. The highest BCUT2D eigenvalue weighted by molar-refractivity contribution is 6.03. The average Bonchev–Trinajstić information content (AvgIpc) is 2.80. The molecule has 5 rings (SSSR count). The van der Waals surface area contributed by atoms with E-state index < -0.39 is 11.7 Å². The minimum atomic E-state index is -2.73. The molecule has 2 aromatic carbocycles. The van der Waals surface area contributed by atoms with Crippen LogP contribution in [0.5, 0.6) is 0 Å². The molecule has 0 N–H and O–H groups in total. The first-order valence-electron chi connectivity index (χ1n) is 10.6. The number of rotatable bonds is 2. The van der Waals surface area contributed by atoms with E-state index in [1.54, 1.807) is 49.6 Å². The number of benzene rings is 2. The van der Waals surface area contributed by atoms with E-state index >= 15 is 0 Å². The molecular formula is C25H20F3N3O2. The number of alkyl halides is 2. The fourth-order valence-electron chi connectivity index (χ4n) is 4.29. The van der Waals surface area contributed by atoms with Crippen LogP contribution in [0.4, 0.5) is 13.2 Å². The Hall–Kier alpha value is -3.68. The molecule has 0 bridgehead atoms. The third kappa shape index (κ3) is 3.75. The van der Waals surface area contributed by atoms with E-state index in [-0.39, 0.29) is 43.0 Å². The van der Waals surface area contributed by atoms with Gasteiger partial charge in [-0.2, -0.15) is 0 Å². The molecule has 0 aliphatic carbocycles. The summed E-state index contributed by atoms with van der Waals surface area (Å²) in [7, 11) is 1.65. The minimum Gasteiger partial charge on any atom is -0.338 e. The molecule has 4 aromatic rings. The molecule has 1 aliphatic rings. The molecule has 0 unspecified atom stereocenters. The molecule has 33 heavy (non-hydrogen) atoms. The Bertz CT molecular complexity index is 1470. The lowest BCUT2D eigenvalue weighted by molar-refractivity contribution is -0.0494. The first-order valence-corrected chi connectivity index (χ1v) is 10.6. The first-order chi connectivity index (χ1) is 15.7. The summed E-state index contributed by atoms with van der Waals surface area (Å²) in [6.07, 6.45) is 2.38. The molecule has 3 heterocycles. The fourth-order valence-corrected chi connectivity index (χ4v) is 4.29. The van der Waals surface area contributed by atoms with Crippen LogP contribution in [0.25, 0.3) is 32.8 Å². The van der Waals surface area contributed by atoms with Crippen LogP contribution in [0.1, 0.15) is 23.2 Å². The lowest BCUT2D eigenvalue weighted by Crippen LogP contribution is -2.42. The number of nitrogens with zero attached hydrogens (tertiary/aromatic N) is 3. The molecule has 0 radical (unpaired) electrons. The predicted octanol–water partition coefficient (Wildman–Crippen LogP) is 4.76. The molecule has 2 aromatic heterocycles. The Morgan fingerprint density at radius 1 is 1.00 bits per heavy atom. The summed E-state index contributed by atoms with van der Waals surface area (Å²) < 4.78 is 43.2. The molecule has 1 amide bonds. The molecule has 1 fully saturated rings. The standard InChI is InChI=1S/C25H20F3N3O2/c1-30-9-6-16-13-21(29-14-19(16)24(30)33)22-18-4-2-17(12-15(18)3-5-20(22)26)23(32)31-10-7-25(27,28)8-11-31/h2-6,9,12-14H,7-8,10-11H2,1H3. The molecule has 5 nitrogen and oxygen atoms in total. The zero-order valence-electron chi connectivity index (χ0n) is 17.8. The van der Waals surface area contributed by atoms with Crippen molar-refractivity contribution in [2.24, 2.45) is 7.05 Å². The quantitative estimate of drug-likeness (QED) is 0.442. The number of carbonyl (C=O) groups excluding carboxylic acids is 1. The number of likely N-dealkylation sites (tertiary alicyclic amines) is 1. The number of fused-ring (bicyclic) bond motifs is 2. The number of halogens is 3. The Labute approximate surface area is 187 Å². The lowest BCUT2D eigenvalue weighted by atomic mass is 9.97. The van der Waals surface area contributed by atoms with Crippen molar-refractivity contribution in [1.29, 1.82) is 0 Å². The highest BCUT2D eigenvalue weighted by atomic mass is 19.3. The van der Waals surface area contributed by atoms with E-state index in [9.17, 15) is 22.8 Å². The van der Waals surface area contributed by atoms with E-state index in [2.05, 4.69) is 4.98 Å². The number of aromatic nitrogens is 2.